The molecule has 0 aromatic carbocycles. The van der Waals surface area contributed by atoms with E-state index in [-0.39, 0.29) is 0 Å². The first kappa shape index (κ1) is 10.7. The van der Waals surface area contributed by atoms with Crippen molar-refractivity contribution in [1.29, 1.82) is 0 Å². The van der Waals surface area contributed by atoms with Crippen LogP contribution in [-0.4, -0.2) is 12.6 Å². The molecule has 1 unspecified atom stereocenters. The van der Waals surface area contributed by atoms with Crippen LogP contribution in [-0.2, 0) is 0 Å². The molecule has 11 heavy (non-hydrogen) atoms. The van der Waals surface area contributed by atoms with Crippen LogP contribution in [0.2, 0.25) is 0 Å². The average molecular weight is 155 g/mol. The summed E-state index contributed by atoms with van der Waals surface area (Å²) in [5.74, 6) is 0. The van der Waals surface area contributed by atoms with E-state index in [0.717, 1.165) is 13.0 Å². The summed E-state index contributed by atoms with van der Waals surface area (Å²) in [5, 5.41) is 3.45. The van der Waals surface area contributed by atoms with E-state index in [2.05, 4.69) is 25.7 Å². The molecule has 0 heterocycles. The van der Waals surface area contributed by atoms with Gasteiger partial charge in [-0.05, 0) is 26.3 Å². The third kappa shape index (κ3) is 7.60. The minimum absolute atomic E-state index is 0.676. The number of nitrogens with one attached hydrogen (secondary N) is 1. The standard InChI is InChI=1S/C10H21N/c1-4-6-8-10(3)11-9-7-5-2/h5,10-11H,2,4,6-9H2,1,3H3. The van der Waals surface area contributed by atoms with Gasteiger partial charge in [0.15, 0.2) is 0 Å². The quantitative estimate of drug-likeness (QED) is 0.440. The van der Waals surface area contributed by atoms with Gasteiger partial charge >= 0.3 is 0 Å². The molecule has 1 N–H and O–H groups in total. The molecule has 0 radical (unpaired) electrons. The Morgan fingerprint density at radius 2 is 2.27 bits per heavy atom. The molecule has 1 atom stereocenters. The van der Waals surface area contributed by atoms with Gasteiger partial charge in [0.05, 0.1) is 0 Å². The topological polar surface area (TPSA) is 12.0 Å². The fraction of sp³-hybridized carbons (Fsp3) is 0.800. The lowest BCUT2D eigenvalue weighted by molar-refractivity contribution is 0.500. The Hall–Kier alpha value is -0.300. The highest BCUT2D eigenvalue weighted by Crippen LogP contribution is 1.98. The van der Waals surface area contributed by atoms with E-state index in [1.54, 1.807) is 0 Å². The molecule has 0 aliphatic carbocycles. The molecule has 0 aliphatic rings. The van der Waals surface area contributed by atoms with Crippen LogP contribution in [0.4, 0.5) is 0 Å². The molecular weight excluding hydrogens is 134 g/mol. The van der Waals surface area contributed by atoms with Crippen LogP contribution >= 0.6 is 0 Å². The van der Waals surface area contributed by atoms with Gasteiger partial charge in [-0.15, -0.1) is 6.58 Å². The molecule has 0 saturated carbocycles. The summed E-state index contributed by atoms with van der Waals surface area (Å²) in [5.41, 5.74) is 0. The number of rotatable bonds is 7. The molecule has 0 amide bonds. The smallest absolute Gasteiger partial charge is 0.00388 e. The Balaban J connectivity index is 3.08. The fourth-order valence-electron chi connectivity index (χ4n) is 1.04. The van der Waals surface area contributed by atoms with Gasteiger partial charge in [0.25, 0.3) is 0 Å². The van der Waals surface area contributed by atoms with Gasteiger partial charge in [0.1, 0.15) is 0 Å². The summed E-state index contributed by atoms with van der Waals surface area (Å²) in [7, 11) is 0. The van der Waals surface area contributed by atoms with Crippen LogP contribution in [0, 0.1) is 0 Å². The normalized spacial score (nSPS) is 12.9. The van der Waals surface area contributed by atoms with Crippen molar-refractivity contribution in [2.24, 2.45) is 0 Å². The Kier molecular flexibility index (Phi) is 7.59. The molecule has 0 aromatic heterocycles. The molecular formula is C10H21N. The van der Waals surface area contributed by atoms with E-state index < -0.39 is 0 Å². The zero-order valence-electron chi connectivity index (χ0n) is 7.90. The third-order valence-electron chi connectivity index (χ3n) is 1.83. The number of unbranched alkanes of at least 4 members (excludes halogenated alkanes) is 1. The van der Waals surface area contributed by atoms with Crippen LogP contribution in [0.3, 0.4) is 0 Å². The largest absolute Gasteiger partial charge is 0.314 e. The van der Waals surface area contributed by atoms with Gasteiger partial charge < -0.3 is 5.32 Å². The highest BCUT2D eigenvalue weighted by molar-refractivity contribution is 4.69. The first-order valence-corrected chi connectivity index (χ1v) is 4.65. The fourth-order valence-corrected chi connectivity index (χ4v) is 1.04. The van der Waals surface area contributed by atoms with Gasteiger partial charge in [-0.3, -0.25) is 0 Å². The lowest BCUT2D eigenvalue weighted by atomic mass is 10.1. The van der Waals surface area contributed by atoms with Crippen LogP contribution < -0.4 is 5.32 Å². The summed E-state index contributed by atoms with van der Waals surface area (Å²) in [6.07, 6.45) is 6.97. The maximum Gasteiger partial charge on any atom is 0.00388 e. The van der Waals surface area contributed by atoms with Crippen LogP contribution in [0.5, 0.6) is 0 Å². The maximum absolute atomic E-state index is 3.68. The van der Waals surface area contributed by atoms with Gasteiger partial charge in [0, 0.05) is 6.04 Å². The summed E-state index contributed by atoms with van der Waals surface area (Å²) < 4.78 is 0. The first-order chi connectivity index (χ1) is 5.31. The zero-order chi connectivity index (χ0) is 8.53. The van der Waals surface area contributed by atoms with E-state index in [4.69, 9.17) is 0 Å². The lowest BCUT2D eigenvalue weighted by Gasteiger charge is -2.11. The van der Waals surface area contributed by atoms with Crippen molar-refractivity contribution in [2.75, 3.05) is 6.54 Å². The number of hydrogen-bond acceptors (Lipinski definition) is 1. The van der Waals surface area contributed by atoms with Gasteiger partial charge in [-0.1, -0.05) is 25.8 Å². The predicted molar refractivity (Wildman–Crippen MR) is 51.8 cm³/mol. The van der Waals surface area contributed by atoms with E-state index in [0.29, 0.717) is 6.04 Å². The van der Waals surface area contributed by atoms with Crippen LogP contribution in [0.15, 0.2) is 12.7 Å². The lowest BCUT2D eigenvalue weighted by Crippen LogP contribution is -2.26. The monoisotopic (exact) mass is 155 g/mol. The molecule has 1 nitrogen and oxygen atoms in total. The first-order valence-electron chi connectivity index (χ1n) is 4.65. The molecule has 0 aliphatic heterocycles. The number of hydrogen-bond donors (Lipinski definition) is 1. The Morgan fingerprint density at radius 3 is 2.82 bits per heavy atom. The van der Waals surface area contributed by atoms with Gasteiger partial charge in [-0.2, -0.15) is 0 Å². The van der Waals surface area contributed by atoms with Crippen LogP contribution in [0.1, 0.15) is 39.5 Å². The second kappa shape index (κ2) is 7.80. The van der Waals surface area contributed by atoms with E-state index >= 15 is 0 Å². The Morgan fingerprint density at radius 1 is 1.55 bits per heavy atom. The molecule has 0 rings (SSSR count). The molecule has 0 bridgehead atoms. The highest BCUT2D eigenvalue weighted by atomic mass is 14.9. The summed E-state index contributed by atoms with van der Waals surface area (Å²) >= 11 is 0. The summed E-state index contributed by atoms with van der Waals surface area (Å²) in [6, 6.07) is 0.676. The predicted octanol–water partition coefficient (Wildman–Crippen LogP) is 2.73. The maximum atomic E-state index is 3.68. The summed E-state index contributed by atoms with van der Waals surface area (Å²) in [4.78, 5) is 0. The third-order valence-corrected chi connectivity index (χ3v) is 1.83. The van der Waals surface area contributed by atoms with E-state index in [9.17, 15) is 0 Å². The second-order valence-corrected chi connectivity index (χ2v) is 3.07. The van der Waals surface area contributed by atoms with Crippen molar-refractivity contribution >= 4 is 0 Å². The molecule has 0 spiro atoms. The molecule has 0 aromatic rings. The van der Waals surface area contributed by atoms with Gasteiger partial charge in [-0.25, -0.2) is 0 Å². The molecule has 0 fully saturated rings. The van der Waals surface area contributed by atoms with Crippen molar-refractivity contribution in [3.8, 4) is 0 Å². The Bertz CT molecular complexity index is 88.9. The highest BCUT2D eigenvalue weighted by Gasteiger charge is 1.97. The van der Waals surface area contributed by atoms with Crippen molar-refractivity contribution in [2.45, 2.75) is 45.6 Å². The van der Waals surface area contributed by atoms with E-state index in [1.165, 1.54) is 19.3 Å². The summed E-state index contributed by atoms with van der Waals surface area (Å²) in [6.45, 7) is 9.24. The minimum atomic E-state index is 0.676. The van der Waals surface area contributed by atoms with E-state index in [1.807, 2.05) is 6.08 Å². The molecule has 66 valence electrons. The van der Waals surface area contributed by atoms with Crippen molar-refractivity contribution in [3.05, 3.63) is 12.7 Å². The minimum Gasteiger partial charge on any atom is -0.314 e. The van der Waals surface area contributed by atoms with Crippen molar-refractivity contribution in [1.82, 2.24) is 5.32 Å². The molecule has 1 heteroatoms. The SMILES string of the molecule is C=CCCNC(C)CCCC. The average Bonchev–Trinajstić information content (AvgIpc) is 2.01. The van der Waals surface area contributed by atoms with Gasteiger partial charge in [0.2, 0.25) is 0 Å². The van der Waals surface area contributed by atoms with Crippen LogP contribution in [0.25, 0.3) is 0 Å². The second-order valence-electron chi connectivity index (χ2n) is 3.07. The Labute approximate surface area is 70.9 Å². The van der Waals surface area contributed by atoms with Crippen molar-refractivity contribution in [3.63, 3.8) is 0 Å². The zero-order valence-corrected chi connectivity index (χ0v) is 7.90. The van der Waals surface area contributed by atoms with Crippen molar-refractivity contribution < 1.29 is 0 Å². The molecule has 0 saturated heterocycles.